The lowest BCUT2D eigenvalue weighted by Gasteiger charge is -2.46. The summed E-state index contributed by atoms with van der Waals surface area (Å²) in [4.78, 5) is 38.1. The highest BCUT2D eigenvalue weighted by Crippen LogP contribution is 2.40. The number of piperidine rings is 1. The Morgan fingerprint density at radius 2 is 1.86 bits per heavy atom. The van der Waals surface area contributed by atoms with Gasteiger partial charge in [-0.05, 0) is 25.0 Å². The van der Waals surface area contributed by atoms with Gasteiger partial charge >= 0.3 is 0 Å². The van der Waals surface area contributed by atoms with Crippen LogP contribution < -0.4 is 0 Å². The quantitative estimate of drug-likeness (QED) is 0.769. The fourth-order valence-corrected chi connectivity index (χ4v) is 4.75. The molecule has 0 radical (unpaired) electrons. The lowest BCUT2D eigenvalue weighted by molar-refractivity contribution is -0.179. The Kier molecular flexibility index (Phi) is 4.58. The number of imidazole rings is 1. The van der Waals surface area contributed by atoms with E-state index < -0.39 is 11.7 Å². The second kappa shape index (κ2) is 7.26. The summed E-state index contributed by atoms with van der Waals surface area (Å²) in [7, 11) is 0. The van der Waals surface area contributed by atoms with Gasteiger partial charge in [-0.2, -0.15) is 0 Å². The topological polar surface area (TPSA) is 80.6 Å². The number of pyridine rings is 1. The van der Waals surface area contributed by atoms with Crippen molar-refractivity contribution in [3.05, 3.63) is 48.3 Å². The highest BCUT2D eigenvalue weighted by Gasteiger charge is 2.48. The van der Waals surface area contributed by atoms with Gasteiger partial charge in [-0.1, -0.05) is 0 Å². The molecule has 0 saturated carbocycles. The van der Waals surface area contributed by atoms with Gasteiger partial charge in [0, 0.05) is 63.8 Å². The van der Waals surface area contributed by atoms with Crippen molar-refractivity contribution in [3.63, 3.8) is 0 Å². The summed E-state index contributed by atoms with van der Waals surface area (Å²) in [6.45, 7) is 3.26. The first-order valence-corrected chi connectivity index (χ1v) is 10.3. The Bertz CT molecular complexity index is 898. The zero-order valence-corrected chi connectivity index (χ0v) is 16.4. The summed E-state index contributed by atoms with van der Waals surface area (Å²) in [6, 6.07) is 3.56. The van der Waals surface area contributed by atoms with E-state index in [1.165, 1.54) is 0 Å². The molecule has 2 amide bonds. The number of aromatic nitrogens is 3. The number of ether oxygens (including phenoxy) is 1. The van der Waals surface area contributed by atoms with Crippen LogP contribution in [0.15, 0.2) is 36.9 Å². The number of hydrogen-bond donors (Lipinski definition) is 0. The second-order valence-corrected chi connectivity index (χ2v) is 8.07. The molecule has 8 nitrogen and oxygen atoms in total. The van der Waals surface area contributed by atoms with Gasteiger partial charge < -0.3 is 19.1 Å². The average molecular weight is 395 g/mol. The Labute approximate surface area is 169 Å². The van der Waals surface area contributed by atoms with E-state index in [4.69, 9.17) is 4.74 Å². The Morgan fingerprint density at radius 1 is 1.07 bits per heavy atom. The number of carbonyl (C=O) groups is 2. The van der Waals surface area contributed by atoms with Crippen molar-refractivity contribution in [3.8, 4) is 0 Å². The molecule has 0 aromatic carbocycles. The molecule has 0 aliphatic carbocycles. The van der Waals surface area contributed by atoms with Gasteiger partial charge in [-0.3, -0.25) is 14.6 Å². The van der Waals surface area contributed by atoms with Crippen molar-refractivity contribution in [2.24, 2.45) is 0 Å². The Morgan fingerprint density at radius 3 is 2.59 bits per heavy atom. The molecule has 8 heteroatoms. The van der Waals surface area contributed by atoms with E-state index >= 15 is 0 Å². The van der Waals surface area contributed by atoms with Crippen LogP contribution in [-0.4, -0.2) is 68.4 Å². The van der Waals surface area contributed by atoms with Crippen molar-refractivity contribution in [1.29, 1.82) is 0 Å². The summed E-state index contributed by atoms with van der Waals surface area (Å²) in [5.41, 5.74) is -0.0235. The average Bonchev–Trinajstić information content (AvgIpc) is 3.46. The van der Waals surface area contributed by atoms with E-state index in [-0.39, 0.29) is 11.8 Å². The van der Waals surface area contributed by atoms with Gasteiger partial charge in [-0.15, -0.1) is 0 Å². The van der Waals surface area contributed by atoms with Crippen LogP contribution in [0.4, 0.5) is 0 Å². The molecular weight excluding hydrogens is 370 g/mol. The van der Waals surface area contributed by atoms with E-state index in [0.29, 0.717) is 38.0 Å². The summed E-state index contributed by atoms with van der Waals surface area (Å²) in [5.74, 6) is 0.934. The molecule has 0 bridgehead atoms. The summed E-state index contributed by atoms with van der Waals surface area (Å²) in [6.07, 6.45) is 9.84. The van der Waals surface area contributed by atoms with Crippen molar-refractivity contribution < 1.29 is 14.3 Å². The SMILES string of the molecule is O=C(c1cccnc1)N1CCC2(CC1)OC(C(=O)N1CCCC1)Cn1ccnc12. The van der Waals surface area contributed by atoms with Gasteiger partial charge in [0.05, 0.1) is 12.1 Å². The molecule has 2 fully saturated rings. The van der Waals surface area contributed by atoms with Crippen LogP contribution in [0.25, 0.3) is 0 Å². The highest BCUT2D eigenvalue weighted by atomic mass is 16.5. The number of fused-ring (bicyclic) bond motifs is 2. The first-order valence-electron chi connectivity index (χ1n) is 10.3. The molecule has 1 atom stereocenters. The predicted molar refractivity (Wildman–Crippen MR) is 104 cm³/mol. The van der Waals surface area contributed by atoms with Crippen LogP contribution in [0.5, 0.6) is 0 Å². The third kappa shape index (κ3) is 3.21. The van der Waals surface area contributed by atoms with Gasteiger partial charge in [0.25, 0.3) is 11.8 Å². The largest absolute Gasteiger partial charge is 0.352 e. The predicted octanol–water partition coefficient (Wildman–Crippen LogP) is 1.43. The zero-order chi connectivity index (χ0) is 19.8. The minimum Gasteiger partial charge on any atom is -0.352 e. The molecule has 2 aromatic rings. The minimum absolute atomic E-state index is 0.0169. The van der Waals surface area contributed by atoms with Crippen molar-refractivity contribution in [2.45, 2.75) is 43.9 Å². The maximum absolute atomic E-state index is 13.0. The molecule has 3 aliphatic heterocycles. The molecule has 2 saturated heterocycles. The number of amides is 2. The normalized spacial score (nSPS) is 23.2. The van der Waals surface area contributed by atoms with Gasteiger partial charge in [0.15, 0.2) is 6.10 Å². The van der Waals surface area contributed by atoms with Crippen LogP contribution >= 0.6 is 0 Å². The lowest BCUT2D eigenvalue weighted by Crippen LogP contribution is -2.55. The third-order valence-corrected chi connectivity index (χ3v) is 6.31. The number of carbonyl (C=O) groups excluding carboxylic acids is 2. The molecule has 2 aromatic heterocycles. The summed E-state index contributed by atoms with van der Waals surface area (Å²) < 4.78 is 8.54. The van der Waals surface area contributed by atoms with E-state index in [1.807, 2.05) is 16.0 Å². The maximum atomic E-state index is 13.0. The zero-order valence-electron chi connectivity index (χ0n) is 16.4. The third-order valence-electron chi connectivity index (χ3n) is 6.31. The maximum Gasteiger partial charge on any atom is 0.255 e. The molecule has 152 valence electrons. The van der Waals surface area contributed by atoms with Gasteiger partial charge in [-0.25, -0.2) is 4.98 Å². The van der Waals surface area contributed by atoms with E-state index in [2.05, 4.69) is 14.5 Å². The van der Waals surface area contributed by atoms with Gasteiger partial charge in [0.2, 0.25) is 0 Å². The first-order chi connectivity index (χ1) is 14.2. The molecule has 1 unspecified atom stereocenters. The minimum atomic E-state index is -0.618. The van der Waals surface area contributed by atoms with Crippen molar-refractivity contribution >= 4 is 11.8 Å². The molecule has 1 spiro atoms. The summed E-state index contributed by atoms with van der Waals surface area (Å²) >= 11 is 0. The molecule has 5 rings (SSSR count). The molecular formula is C21H25N5O3. The number of hydrogen-bond acceptors (Lipinski definition) is 5. The molecule has 5 heterocycles. The molecule has 29 heavy (non-hydrogen) atoms. The van der Waals surface area contributed by atoms with Crippen LogP contribution in [0, 0.1) is 0 Å². The number of nitrogens with zero attached hydrogens (tertiary/aromatic N) is 5. The Hall–Kier alpha value is -2.74. The van der Waals surface area contributed by atoms with Crippen molar-refractivity contribution in [1.82, 2.24) is 24.3 Å². The van der Waals surface area contributed by atoms with E-state index in [9.17, 15) is 9.59 Å². The van der Waals surface area contributed by atoms with Crippen LogP contribution in [0.1, 0.15) is 41.9 Å². The van der Waals surface area contributed by atoms with Crippen LogP contribution in [0.3, 0.4) is 0 Å². The Balaban J connectivity index is 1.34. The van der Waals surface area contributed by atoms with Crippen LogP contribution in [0.2, 0.25) is 0 Å². The summed E-state index contributed by atoms with van der Waals surface area (Å²) in [5, 5.41) is 0. The van der Waals surface area contributed by atoms with E-state index in [0.717, 1.165) is 31.8 Å². The fraction of sp³-hybridized carbons (Fsp3) is 0.524. The molecule has 3 aliphatic rings. The standard InChI is InChI=1S/C21H25N5O3/c27-18(16-4-3-7-22-14-16)25-11-5-21(6-12-25)20-23-8-13-26(20)15-17(29-21)19(28)24-9-1-2-10-24/h3-4,7-8,13-14,17H,1-2,5-6,9-12,15H2. The van der Waals surface area contributed by atoms with E-state index in [1.54, 1.807) is 30.7 Å². The monoisotopic (exact) mass is 395 g/mol. The second-order valence-electron chi connectivity index (χ2n) is 8.07. The smallest absolute Gasteiger partial charge is 0.255 e. The molecule has 0 N–H and O–H groups in total. The highest BCUT2D eigenvalue weighted by molar-refractivity contribution is 5.94. The van der Waals surface area contributed by atoms with Gasteiger partial charge in [0.1, 0.15) is 11.4 Å². The first kappa shape index (κ1) is 18.3. The van der Waals surface area contributed by atoms with Crippen LogP contribution in [-0.2, 0) is 21.7 Å². The fourth-order valence-electron chi connectivity index (χ4n) is 4.75. The number of rotatable bonds is 2. The lowest BCUT2D eigenvalue weighted by atomic mass is 9.88. The van der Waals surface area contributed by atoms with Crippen molar-refractivity contribution in [2.75, 3.05) is 26.2 Å². The number of likely N-dealkylation sites (tertiary alicyclic amines) is 2.